The Kier molecular flexibility index (Phi) is 8.52. The third-order valence-electron chi connectivity index (χ3n) is 5.55. The number of alkyl halides is 2. The molecule has 0 heterocycles. The highest BCUT2D eigenvalue weighted by atomic mass is 19.3. The smallest absolute Gasteiger partial charge is 0.315 e. The first-order valence-corrected chi connectivity index (χ1v) is 10.2. The van der Waals surface area contributed by atoms with Crippen molar-refractivity contribution in [2.45, 2.75) is 77.7 Å². The maximum Gasteiger partial charge on any atom is 0.315 e. The van der Waals surface area contributed by atoms with E-state index in [0.29, 0.717) is 0 Å². The summed E-state index contributed by atoms with van der Waals surface area (Å²) in [5.74, 6) is -1.94. The van der Waals surface area contributed by atoms with Crippen LogP contribution in [0.15, 0.2) is 24.3 Å². The van der Waals surface area contributed by atoms with Crippen LogP contribution in [0.25, 0.3) is 0 Å². The van der Waals surface area contributed by atoms with Crippen molar-refractivity contribution in [1.82, 2.24) is 0 Å². The van der Waals surface area contributed by atoms with Gasteiger partial charge in [-0.1, -0.05) is 38.3 Å². The van der Waals surface area contributed by atoms with E-state index in [-0.39, 0.29) is 18.6 Å². The van der Waals surface area contributed by atoms with Gasteiger partial charge in [0.05, 0.1) is 12.7 Å². The lowest BCUT2D eigenvalue weighted by atomic mass is 9.71. The fourth-order valence-corrected chi connectivity index (χ4v) is 3.99. The molecule has 5 heteroatoms. The Morgan fingerprint density at radius 2 is 1.74 bits per heavy atom. The van der Waals surface area contributed by atoms with E-state index in [4.69, 9.17) is 9.47 Å². The number of ether oxygens (including phenoxy) is 2. The van der Waals surface area contributed by atoms with E-state index >= 15 is 0 Å². The molecular formula is C22H32F2O3. The molecule has 1 aromatic carbocycles. The van der Waals surface area contributed by atoms with E-state index in [1.807, 2.05) is 38.1 Å². The summed E-state index contributed by atoms with van der Waals surface area (Å²) in [4.78, 5) is 12.4. The molecule has 27 heavy (non-hydrogen) atoms. The Labute approximate surface area is 161 Å². The molecule has 152 valence electrons. The summed E-state index contributed by atoms with van der Waals surface area (Å²) in [6.45, 7) is 5.80. The minimum atomic E-state index is -2.74. The predicted molar refractivity (Wildman–Crippen MR) is 102 cm³/mol. The van der Waals surface area contributed by atoms with Gasteiger partial charge in [0.25, 0.3) is 6.43 Å². The van der Waals surface area contributed by atoms with E-state index in [1.165, 1.54) is 0 Å². The molecule has 3 atom stereocenters. The Balaban J connectivity index is 2.32. The maximum absolute atomic E-state index is 13.9. The van der Waals surface area contributed by atoms with Gasteiger partial charge in [0.15, 0.2) is 0 Å². The van der Waals surface area contributed by atoms with E-state index < -0.39 is 24.2 Å². The number of halogens is 2. The minimum absolute atomic E-state index is 0.0727. The summed E-state index contributed by atoms with van der Waals surface area (Å²) in [7, 11) is 0. The second-order valence-electron chi connectivity index (χ2n) is 7.44. The highest BCUT2D eigenvalue weighted by Crippen LogP contribution is 2.43. The van der Waals surface area contributed by atoms with Crippen molar-refractivity contribution in [2.24, 2.45) is 11.8 Å². The molecule has 0 aliphatic heterocycles. The Bertz CT molecular complexity index is 567. The number of esters is 1. The van der Waals surface area contributed by atoms with E-state index in [1.54, 1.807) is 6.92 Å². The van der Waals surface area contributed by atoms with E-state index in [2.05, 4.69) is 0 Å². The molecule has 0 radical (unpaired) electrons. The molecule has 1 fully saturated rings. The summed E-state index contributed by atoms with van der Waals surface area (Å²) in [5.41, 5.74) is 0.775. The number of benzene rings is 1. The number of rotatable bonds is 9. The lowest BCUT2D eigenvalue weighted by Gasteiger charge is -2.35. The lowest BCUT2D eigenvalue weighted by molar-refractivity contribution is -0.156. The van der Waals surface area contributed by atoms with Crippen molar-refractivity contribution in [3.05, 3.63) is 29.8 Å². The third kappa shape index (κ3) is 5.91. The molecule has 0 spiro atoms. The van der Waals surface area contributed by atoms with Crippen LogP contribution in [0.3, 0.4) is 0 Å². The SMILES string of the molecule is CCOC(=O)C(C(F)F)C(c1ccc(OC(C)CC)cc1)C1CCCCC1. The van der Waals surface area contributed by atoms with Gasteiger partial charge in [-0.15, -0.1) is 0 Å². The maximum atomic E-state index is 13.9. The molecule has 0 aromatic heterocycles. The van der Waals surface area contributed by atoms with Crippen molar-refractivity contribution in [3.8, 4) is 5.75 Å². The zero-order valence-corrected chi connectivity index (χ0v) is 16.6. The molecular weight excluding hydrogens is 350 g/mol. The summed E-state index contributed by atoms with van der Waals surface area (Å²) in [5, 5.41) is 0. The normalized spacial score (nSPS) is 18.7. The zero-order valence-electron chi connectivity index (χ0n) is 16.6. The van der Waals surface area contributed by atoms with Crippen LogP contribution in [0.2, 0.25) is 0 Å². The molecule has 0 bridgehead atoms. The fourth-order valence-electron chi connectivity index (χ4n) is 3.99. The van der Waals surface area contributed by atoms with Gasteiger partial charge in [0, 0.05) is 5.92 Å². The monoisotopic (exact) mass is 382 g/mol. The van der Waals surface area contributed by atoms with Crippen LogP contribution in [-0.4, -0.2) is 25.1 Å². The molecule has 3 nitrogen and oxygen atoms in total. The van der Waals surface area contributed by atoms with Crippen LogP contribution >= 0.6 is 0 Å². The first-order chi connectivity index (χ1) is 13.0. The van der Waals surface area contributed by atoms with Crippen molar-refractivity contribution >= 4 is 5.97 Å². The van der Waals surface area contributed by atoms with Crippen LogP contribution in [0, 0.1) is 11.8 Å². The number of carbonyl (C=O) groups excluding carboxylic acids is 1. The van der Waals surface area contributed by atoms with Crippen molar-refractivity contribution < 1.29 is 23.0 Å². The summed E-state index contributed by atoms with van der Waals surface area (Å²) >= 11 is 0. The van der Waals surface area contributed by atoms with Gasteiger partial charge in [-0.25, -0.2) is 8.78 Å². The van der Waals surface area contributed by atoms with Gasteiger partial charge in [-0.2, -0.15) is 0 Å². The Morgan fingerprint density at radius 1 is 1.11 bits per heavy atom. The Morgan fingerprint density at radius 3 is 2.26 bits per heavy atom. The quantitative estimate of drug-likeness (QED) is 0.493. The van der Waals surface area contributed by atoms with E-state index in [0.717, 1.165) is 49.8 Å². The second-order valence-corrected chi connectivity index (χ2v) is 7.44. The summed E-state index contributed by atoms with van der Waals surface area (Å²) in [6.07, 6.45) is 3.17. The third-order valence-corrected chi connectivity index (χ3v) is 5.55. The van der Waals surface area contributed by atoms with Crippen molar-refractivity contribution in [2.75, 3.05) is 6.61 Å². The van der Waals surface area contributed by atoms with Crippen molar-refractivity contribution in [3.63, 3.8) is 0 Å². The summed E-state index contributed by atoms with van der Waals surface area (Å²) < 4.78 is 38.7. The van der Waals surface area contributed by atoms with Gasteiger partial charge in [0.2, 0.25) is 0 Å². The standard InChI is InChI=1S/C22H32F2O3/c1-4-15(3)27-18-13-11-17(12-14-18)19(16-9-7-6-8-10-16)20(21(23)24)22(25)26-5-2/h11-16,19-21H,4-10H2,1-3H3. The van der Waals surface area contributed by atoms with Crippen LogP contribution in [0.5, 0.6) is 5.75 Å². The second kappa shape index (κ2) is 10.6. The first kappa shape index (κ1) is 21.6. The average molecular weight is 382 g/mol. The predicted octanol–water partition coefficient (Wildman–Crippen LogP) is 5.97. The molecule has 1 saturated carbocycles. The Hall–Kier alpha value is -1.65. The molecule has 0 saturated heterocycles. The van der Waals surface area contributed by atoms with E-state index in [9.17, 15) is 13.6 Å². The van der Waals surface area contributed by atoms with Gasteiger partial charge >= 0.3 is 5.97 Å². The topological polar surface area (TPSA) is 35.5 Å². The number of hydrogen-bond acceptors (Lipinski definition) is 3. The number of hydrogen-bond donors (Lipinski definition) is 0. The molecule has 2 rings (SSSR count). The van der Waals surface area contributed by atoms with Crippen LogP contribution in [0.4, 0.5) is 8.78 Å². The van der Waals surface area contributed by atoms with Gasteiger partial charge in [0.1, 0.15) is 11.7 Å². The van der Waals surface area contributed by atoms with Crippen LogP contribution in [0.1, 0.15) is 70.8 Å². The van der Waals surface area contributed by atoms with Gasteiger partial charge in [-0.3, -0.25) is 4.79 Å². The highest BCUT2D eigenvalue weighted by Gasteiger charge is 2.42. The zero-order chi connectivity index (χ0) is 19.8. The largest absolute Gasteiger partial charge is 0.491 e. The molecule has 1 aliphatic carbocycles. The van der Waals surface area contributed by atoms with Crippen LogP contribution < -0.4 is 4.74 Å². The minimum Gasteiger partial charge on any atom is -0.491 e. The molecule has 3 unspecified atom stereocenters. The van der Waals surface area contributed by atoms with Gasteiger partial charge in [-0.05, 0) is 56.7 Å². The molecule has 1 aliphatic rings. The lowest BCUT2D eigenvalue weighted by Crippen LogP contribution is -2.35. The first-order valence-electron chi connectivity index (χ1n) is 10.2. The molecule has 0 N–H and O–H groups in total. The number of carbonyl (C=O) groups is 1. The molecule has 0 amide bonds. The van der Waals surface area contributed by atoms with Crippen LogP contribution in [-0.2, 0) is 9.53 Å². The summed E-state index contributed by atoms with van der Waals surface area (Å²) in [6, 6.07) is 7.33. The highest BCUT2D eigenvalue weighted by molar-refractivity contribution is 5.74. The van der Waals surface area contributed by atoms with Crippen molar-refractivity contribution in [1.29, 1.82) is 0 Å². The molecule has 1 aromatic rings. The van der Waals surface area contributed by atoms with Gasteiger partial charge < -0.3 is 9.47 Å². The fraction of sp³-hybridized carbons (Fsp3) is 0.682. The average Bonchev–Trinajstić information content (AvgIpc) is 2.67.